The number of anilines is 1. The topological polar surface area (TPSA) is 50.5 Å². The van der Waals surface area contributed by atoms with Crippen LogP contribution in [0.2, 0.25) is 5.02 Å². The number of halogens is 1. The average molecular weight is 357 g/mol. The molecule has 5 nitrogen and oxygen atoms in total. The third-order valence-corrected chi connectivity index (χ3v) is 5.01. The van der Waals surface area contributed by atoms with E-state index >= 15 is 0 Å². The summed E-state index contributed by atoms with van der Waals surface area (Å²) in [5.74, 6) is 0. The van der Waals surface area contributed by atoms with E-state index in [2.05, 4.69) is 9.98 Å². The lowest BCUT2D eigenvalue weighted by Gasteiger charge is -2.25. The number of benzene rings is 1. The van der Waals surface area contributed by atoms with Gasteiger partial charge in [-0.3, -0.25) is 14.3 Å². The summed E-state index contributed by atoms with van der Waals surface area (Å²) in [6.45, 7) is 0.974. The van der Waals surface area contributed by atoms with E-state index in [9.17, 15) is 4.79 Å². The first kappa shape index (κ1) is 15.1. The van der Waals surface area contributed by atoms with E-state index in [1.54, 1.807) is 17.0 Å². The van der Waals surface area contributed by atoms with E-state index in [0.717, 1.165) is 16.1 Å². The molecule has 0 saturated heterocycles. The Bertz CT molecular complexity index is 1060. The zero-order chi connectivity index (χ0) is 16.5. The second kappa shape index (κ2) is 6.22. The molecule has 0 bridgehead atoms. The van der Waals surface area contributed by atoms with Gasteiger partial charge < -0.3 is 4.90 Å². The van der Waals surface area contributed by atoms with Gasteiger partial charge in [0.15, 0.2) is 4.80 Å². The third kappa shape index (κ3) is 2.86. The van der Waals surface area contributed by atoms with E-state index in [1.165, 1.54) is 11.3 Å². The molecule has 1 aliphatic heterocycles. The van der Waals surface area contributed by atoms with Crippen molar-refractivity contribution >= 4 is 34.7 Å². The van der Waals surface area contributed by atoms with E-state index in [-0.39, 0.29) is 5.56 Å². The summed E-state index contributed by atoms with van der Waals surface area (Å²) >= 11 is 7.46. The van der Waals surface area contributed by atoms with Crippen LogP contribution in [0.1, 0.15) is 5.56 Å². The SMILES string of the molecule is O=c1/c(=C/c2cccnc2)sc2n1CN(c1cccc(Cl)c1)CN=2. The highest BCUT2D eigenvalue weighted by Gasteiger charge is 2.16. The van der Waals surface area contributed by atoms with Crippen molar-refractivity contribution in [3.05, 3.63) is 79.1 Å². The van der Waals surface area contributed by atoms with Gasteiger partial charge in [-0.05, 0) is 35.9 Å². The standard InChI is InChI=1S/C17H13ClN4OS/c18-13-4-1-5-14(8-13)21-10-20-17-22(11-21)16(23)15(24-17)7-12-3-2-6-19-9-12/h1-9H,10-11H2/b15-7-. The molecule has 0 saturated carbocycles. The predicted octanol–water partition coefficient (Wildman–Crippen LogP) is 1.84. The maximum Gasteiger partial charge on any atom is 0.271 e. The van der Waals surface area contributed by atoms with Gasteiger partial charge in [-0.1, -0.05) is 35.1 Å². The molecule has 1 aliphatic rings. The van der Waals surface area contributed by atoms with Gasteiger partial charge in [0, 0.05) is 23.1 Å². The molecule has 0 radical (unpaired) electrons. The molecule has 120 valence electrons. The molecule has 0 aliphatic carbocycles. The summed E-state index contributed by atoms with van der Waals surface area (Å²) < 4.78 is 2.35. The monoisotopic (exact) mass is 356 g/mol. The molecular weight excluding hydrogens is 344 g/mol. The fourth-order valence-corrected chi connectivity index (χ4v) is 3.71. The van der Waals surface area contributed by atoms with Crippen molar-refractivity contribution in [2.24, 2.45) is 4.99 Å². The Morgan fingerprint density at radius 1 is 1.25 bits per heavy atom. The number of thiazole rings is 1. The summed E-state index contributed by atoms with van der Waals surface area (Å²) in [4.78, 5) is 24.0. The van der Waals surface area contributed by atoms with Gasteiger partial charge in [-0.25, -0.2) is 4.99 Å². The van der Waals surface area contributed by atoms with Crippen molar-refractivity contribution in [2.45, 2.75) is 6.67 Å². The zero-order valence-electron chi connectivity index (χ0n) is 12.6. The van der Waals surface area contributed by atoms with Crippen LogP contribution < -0.4 is 19.8 Å². The first-order valence-corrected chi connectivity index (χ1v) is 8.56. The summed E-state index contributed by atoms with van der Waals surface area (Å²) in [6, 6.07) is 11.3. The van der Waals surface area contributed by atoms with Crippen LogP contribution in [0.5, 0.6) is 0 Å². The minimum absolute atomic E-state index is 0.0330. The van der Waals surface area contributed by atoms with Crippen molar-refractivity contribution in [1.82, 2.24) is 9.55 Å². The molecule has 1 aromatic carbocycles. The van der Waals surface area contributed by atoms with Crippen LogP contribution in [0.25, 0.3) is 6.08 Å². The summed E-state index contributed by atoms with van der Waals surface area (Å²) in [5.41, 5.74) is 1.82. The van der Waals surface area contributed by atoms with Gasteiger partial charge in [-0.15, -0.1) is 0 Å². The minimum atomic E-state index is -0.0330. The van der Waals surface area contributed by atoms with Crippen LogP contribution >= 0.6 is 22.9 Å². The van der Waals surface area contributed by atoms with E-state index in [1.807, 2.05) is 47.4 Å². The quantitative estimate of drug-likeness (QED) is 0.704. The molecule has 0 fully saturated rings. The number of hydrogen-bond acceptors (Lipinski definition) is 5. The molecule has 0 unspecified atom stereocenters. The molecule has 0 atom stereocenters. The molecule has 0 amide bonds. The molecule has 0 spiro atoms. The fraction of sp³-hybridized carbons (Fsp3) is 0.118. The van der Waals surface area contributed by atoms with Gasteiger partial charge in [0.1, 0.15) is 13.3 Å². The summed E-state index contributed by atoms with van der Waals surface area (Å²) in [5, 5.41) is 0.668. The third-order valence-electron chi connectivity index (χ3n) is 3.73. The normalized spacial score (nSPS) is 14.4. The smallest absolute Gasteiger partial charge is 0.271 e. The van der Waals surface area contributed by atoms with Gasteiger partial charge >= 0.3 is 0 Å². The number of aromatic nitrogens is 2. The number of rotatable bonds is 2. The van der Waals surface area contributed by atoms with Crippen LogP contribution in [-0.4, -0.2) is 16.2 Å². The lowest BCUT2D eigenvalue weighted by Crippen LogP contribution is -2.42. The lowest BCUT2D eigenvalue weighted by molar-refractivity contribution is 0.569. The largest absolute Gasteiger partial charge is 0.334 e. The Labute approximate surface area is 146 Å². The maximum atomic E-state index is 12.7. The molecule has 4 rings (SSSR count). The number of nitrogens with zero attached hydrogens (tertiary/aromatic N) is 4. The second-order valence-corrected chi connectivity index (χ2v) is 6.82. The van der Waals surface area contributed by atoms with Crippen molar-refractivity contribution in [3.63, 3.8) is 0 Å². The molecular formula is C17H13ClN4OS. The van der Waals surface area contributed by atoms with Crippen molar-refractivity contribution < 1.29 is 0 Å². The van der Waals surface area contributed by atoms with Gasteiger partial charge in [0.05, 0.1) is 4.53 Å². The van der Waals surface area contributed by atoms with Crippen LogP contribution in [0, 0.1) is 0 Å². The second-order valence-electron chi connectivity index (χ2n) is 5.37. The molecule has 24 heavy (non-hydrogen) atoms. The molecule has 3 heterocycles. The predicted molar refractivity (Wildman–Crippen MR) is 96.0 cm³/mol. The highest BCUT2D eigenvalue weighted by molar-refractivity contribution is 7.07. The van der Waals surface area contributed by atoms with Crippen LogP contribution in [-0.2, 0) is 6.67 Å². The van der Waals surface area contributed by atoms with Crippen LogP contribution in [0.15, 0.2) is 58.6 Å². The molecule has 0 N–H and O–H groups in total. The fourth-order valence-electron chi connectivity index (χ4n) is 2.56. The number of hydrogen-bond donors (Lipinski definition) is 0. The molecule has 3 aromatic rings. The van der Waals surface area contributed by atoms with Crippen molar-refractivity contribution in [1.29, 1.82) is 0 Å². The number of fused-ring (bicyclic) bond motifs is 1. The van der Waals surface area contributed by atoms with Gasteiger partial charge in [0.2, 0.25) is 0 Å². The lowest BCUT2D eigenvalue weighted by atomic mass is 10.3. The zero-order valence-corrected chi connectivity index (χ0v) is 14.2. The Kier molecular flexibility index (Phi) is 3.92. The Morgan fingerprint density at radius 2 is 2.17 bits per heavy atom. The average Bonchev–Trinajstić information content (AvgIpc) is 2.91. The minimum Gasteiger partial charge on any atom is -0.334 e. The maximum absolute atomic E-state index is 12.7. The van der Waals surface area contributed by atoms with Crippen LogP contribution in [0.3, 0.4) is 0 Å². The summed E-state index contributed by atoms with van der Waals surface area (Å²) in [6.07, 6.45) is 5.30. The van der Waals surface area contributed by atoms with Crippen LogP contribution in [0.4, 0.5) is 5.69 Å². The number of pyridine rings is 1. The molecule has 7 heteroatoms. The molecule has 2 aromatic heterocycles. The highest BCUT2D eigenvalue weighted by Crippen LogP contribution is 2.20. The van der Waals surface area contributed by atoms with Crippen molar-refractivity contribution in [3.8, 4) is 0 Å². The van der Waals surface area contributed by atoms with E-state index in [0.29, 0.717) is 22.9 Å². The summed E-state index contributed by atoms with van der Waals surface area (Å²) in [7, 11) is 0. The van der Waals surface area contributed by atoms with Gasteiger partial charge in [0.25, 0.3) is 5.56 Å². The van der Waals surface area contributed by atoms with E-state index in [4.69, 9.17) is 11.6 Å². The van der Waals surface area contributed by atoms with E-state index < -0.39 is 0 Å². The first-order valence-electron chi connectivity index (χ1n) is 7.37. The Hall–Kier alpha value is -2.44. The first-order chi connectivity index (χ1) is 11.7. The van der Waals surface area contributed by atoms with Gasteiger partial charge in [-0.2, -0.15) is 0 Å². The highest BCUT2D eigenvalue weighted by atomic mass is 35.5. The Balaban J connectivity index is 1.73. The van der Waals surface area contributed by atoms with Crippen molar-refractivity contribution in [2.75, 3.05) is 11.6 Å². The Morgan fingerprint density at radius 3 is 2.96 bits per heavy atom.